The van der Waals surface area contributed by atoms with Crippen LogP contribution in [0.1, 0.15) is 284 Å². The molecule has 3 heterocycles. The normalized spacial score (nSPS) is 28.0. The minimum absolute atomic E-state index is 0.241. The predicted molar refractivity (Wildman–Crippen MR) is 356 cm³/mol. The summed E-state index contributed by atoms with van der Waals surface area (Å²) in [5.74, 6) is -0.241. The minimum Gasteiger partial charge on any atom is -0.394 e. The minimum atomic E-state index is -1.97. The van der Waals surface area contributed by atoms with Gasteiger partial charge in [-0.25, -0.2) is 0 Å². The largest absolute Gasteiger partial charge is 0.394 e. The van der Waals surface area contributed by atoms with E-state index in [1.165, 1.54) is 193 Å². The first-order valence-corrected chi connectivity index (χ1v) is 36.7. The van der Waals surface area contributed by atoms with Crippen molar-refractivity contribution in [2.45, 2.75) is 388 Å². The first-order chi connectivity index (χ1) is 44.3. The van der Waals surface area contributed by atoms with Gasteiger partial charge in [-0.05, 0) is 51.4 Å². The third-order valence-electron chi connectivity index (χ3n) is 18.5. The lowest BCUT2D eigenvalue weighted by atomic mass is 9.96. The summed E-state index contributed by atoms with van der Waals surface area (Å²) in [7, 11) is 0. The second-order valence-corrected chi connectivity index (χ2v) is 26.4. The van der Waals surface area contributed by atoms with E-state index in [1.54, 1.807) is 0 Å². The van der Waals surface area contributed by atoms with Gasteiger partial charge in [0.2, 0.25) is 5.91 Å². The van der Waals surface area contributed by atoms with Crippen LogP contribution in [0.15, 0.2) is 36.5 Å². The van der Waals surface area contributed by atoms with Crippen LogP contribution in [0.25, 0.3) is 0 Å². The Balaban J connectivity index is 1.39. The lowest BCUT2D eigenvalue weighted by Gasteiger charge is -2.48. The molecule has 91 heavy (non-hydrogen) atoms. The number of ether oxygens (including phenoxy) is 6. The van der Waals surface area contributed by atoms with Gasteiger partial charge >= 0.3 is 0 Å². The van der Waals surface area contributed by atoms with Crippen molar-refractivity contribution in [1.29, 1.82) is 0 Å². The van der Waals surface area contributed by atoms with Crippen LogP contribution in [0.4, 0.5) is 0 Å². The number of carbonyl (C=O) groups excluding carboxylic acids is 1. The fraction of sp³-hybridized carbons (Fsp3) is 0.903. The summed E-state index contributed by atoms with van der Waals surface area (Å²) in [5.41, 5.74) is 0. The van der Waals surface area contributed by atoms with E-state index in [9.17, 15) is 61.0 Å². The Morgan fingerprint density at radius 2 is 0.725 bits per heavy atom. The lowest BCUT2D eigenvalue weighted by Crippen LogP contribution is -2.66. The van der Waals surface area contributed by atoms with Crippen LogP contribution in [-0.2, 0) is 33.2 Å². The van der Waals surface area contributed by atoms with Crippen LogP contribution >= 0.6 is 0 Å². The summed E-state index contributed by atoms with van der Waals surface area (Å²) < 4.78 is 34.4. The van der Waals surface area contributed by atoms with Crippen molar-refractivity contribution in [3.8, 4) is 0 Å². The zero-order valence-corrected chi connectivity index (χ0v) is 56.6. The molecule has 0 radical (unpaired) electrons. The number of hydrogen-bond acceptors (Lipinski definition) is 18. The molecule has 17 atom stereocenters. The van der Waals surface area contributed by atoms with Crippen molar-refractivity contribution in [2.24, 2.45) is 0 Å². The van der Waals surface area contributed by atoms with Gasteiger partial charge < -0.3 is 89.9 Å². The fourth-order valence-corrected chi connectivity index (χ4v) is 12.5. The van der Waals surface area contributed by atoms with Gasteiger partial charge in [0.15, 0.2) is 18.9 Å². The van der Waals surface area contributed by atoms with E-state index >= 15 is 0 Å². The monoisotopic (exact) mass is 1300 g/mol. The number of hydrogen-bond donors (Lipinski definition) is 12. The first-order valence-electron chi connectivity index (χ1n) is 36.7. The summed E-state index contributed by atoms with van der Waals surface area (Å²) >= 11 is 0. The van der Waals surface area contributed by atoms with Crippen molar-refractivity contribution in [2.75, 3.05) is 26.4 Å². The Kier molecular flexibility index (Phi) is 49.5. The second kappa shape index (κ2) is 54.1. The van der Waals surface area contributed by atoms with Gasteiger partial charge in [-0.3, -0.25) is 4.79 Å². The molecule has 0 aliphatic carbocycles. The van der Waals surface area contributed by atoms with Gasteiger partial charge in [-0.2, -0.15) is 0 Å². The third kappa shape index (κ3) is 35.7. The molecule has 3 rings (SSSR count). The molecule has 3 aliphatic rings. The van der Waals surface area contributed by atoms with Crippen LogP contribution in [0.2, 0.25) is 0 Å². The van der Waals surface area contributed by atoms with E-state index in [2.05, 4.69) is 55.6 Å². The van der Waals surface area contributed by atoms with Gasteiger partial charge in [0.1, 0.15) is 73.2 Å². The number of rotatable bonds is 57. The molecule has 12 N–H and O–H groups in total. The number of amides is 1. The number of carbonyl (C=O) groups is 1. The van der Waals surface area contributed by atoms with Crippen molar-refractivity contribution in [1.82, 2.24) is 5.32 Å². The molecule has 0 aromatic carbocycles. The molecule has 0 aromatic heterocycles. The highest BCUT2D eigenvalue weighted by molar-refractivity contribution is 5.76. The zero-order valence-electron chi connectivity index (χ0n) is 56.6. The average Bonchev–Trinajstić information content (AvgIpc) is 0.884. The number of nitrogens with one attached hydrogen (secondary N) is 1. The van der Waals surface area contributed by atoms with E-state index < -0.39 is 124 Å². The molecule has 0 saturated carbocycles. The Hall–Kier alpha value is -1.99. The summed E-state index contributed by atoms with van der Waals surface area (Å²) in [6.45, 7) is 1.81. The Morgan fingerprint density at radius 3 is 1.13 bits per heavy atom. The molecule has 3 saturated heterocycles. The van der Waals surface area contributed by atoms with E-state index in [1.807, 2.05) is 0 Å². The van der Waals surface area contributed by atoms with E-state index in [0.29, 0.717) is 12.8 Å². The molecule has 0 spiro atoms. The van der Waals surface area contributed by atoms with Gasteiger partial charge in [0.25, 0.3) is 0 Å². The molecule has 0 aromatic rings. The molecule has 19 nitrogen and oxygen atoms in total. The maximum absolute atomic E-state index is 13.4. The van der Waals surface area contributed by atoms with Gasteiger partial charge in [-0.1, -0.05) is 262 Å². The highest BCUT2D eigenvalue weighted by Gasteiger charge is 2.53. The van der Waals surface area contributed by atoms with Crippen molar-refractivity contribution in [3.63, 3.8) is 0 Å². The van der Waals surface area contributed by atoms with Crippen LogP contribution in [-0.4, -0.2) is 193 Å². The number of allylic oxidation sites excluding steroid dienone is 6. The molecule has 1 amide bonds. The first kappa shape index (κ1) is 83.2. The Morgan fingerprint density at radius 1 is 0.396 bits per heavy atom. The van der Waals surface area contributed by atoms with Crippen molar-refractivity contribution >= 4 is 5.91 Å². The fourth-order valence-electron chi connectivity index (χ4n) is 12.5. The summed E-state index contributed by atoms with van der Waals surface area (Å²) in [5, 5.41) is 121. The van der Waals surface area contributed by atoms with E-state index in [0.717, 1.165) is 57.8 Å². The molecule has 3 aliphatic heterocycles. The van der Waals surface area contributed by atoms with E-state index in [4.69, 9.17) is 28.4 Å². The molecule has 534 valence electrons. The van der Waals surface area contributed by atoms with Gasteiger partial charge in [0, 0.05) is 6.42 Å². The summed E-state index contributed by atoms with van der Waals surface area (Å²) in [6.07, 6.45) is 36.5. The molecular formula is C72H133NO18. The van der Waals surface area contributed by atoms with E-state index in [-0.39, 0.29) is 18.9 Å². The quantitative estimate of drug-likeness (QED) is 0.0199. The zero-order chi connectivity index (χ0) is 66.1. The molecular weight excluding hydrogens is 1170 g/mol. The molecule has 19 heteroatoms. The topological polar surface area (TPSA) is 307 Å². The highest BCUT2D eigenvalue weighted by atomic mass is 16.8. The van der Waals surface area contributed by atoms with Crippen LogP contribution in [0.5, 0.6) is 0 Å². The number of aliphatic hydroxyl groups excluding tert-OH is 11. The number of unbranched alkanes of at least 4 members (excludes halogenated alkanes) is 35. The molecule has 0 bridgehead atoms. The van der Waals surface area contributed by atoms with Crippen molar-refractivity contribution in [3.05, 3.63) is 36.5 Å². The SMILES string of the molecule is CCCCCCC/C=C\C/C=C\C/C=C\CCCCCCCCCCCCCCCCC(=O)NC(COC1OC(CO)C(OC2OC(CO)C(OC3OC(CO)C(O)C(O)C3O)C(O)C2O)C(O)C1O)C(O)CCCCCCCCCCCCCCCCCCC. The lowest BCUT2D eigenvalue weighted by molar-refractivity contribution is -0.379. The predicted octanol–water partition coefficient (Wildman–Crippen LogP) is 10.4. The molecule has 17 unspecified atom stereocenters. The molecule has 3 fully saturated rings. The Bertz CT molecular complexity index is 1790. The highest BCUT2D eigenvalue weighted by Crippen LogP contribution is 2.33. The smallest absolute Gasteiger partial charge is 0.220 e. The third-order valence-corrected chi connectivity index (χ3v) is 18.5. The maximum Gasteiger partial charge on any atom is 0.220 e. The number of aliphatic hydroxyl groups is 11. The standard InChI is InChI=1S/C72H133NO18/c1-3-5-7-9-11-13-15-17-19-21-22-23-24-25-26-27-28-29-30-31-32-34-36-38-40-42-44-46-48-50-60(78)73-55(56(77)49-47-45-43-41-39-37-35-33-20-18-16-14-12-10-8-6-4-2)54-86-70-66(84)63(81)68(58(52-75)88-70)91-72-67(85)64(82)69(59(53-76)89-72)90-71-65(83)62(80)61(79)57(51-74)87-71/h15,17,21-22,24-25,55-59,61-72,74-77,79-85H,3-14,16,18-20,23,26-54H2,1-2H3,(H,73,78)/b17-15-,22-21-,25-24-. The van der Waals surface area contributed by atoms with Crippen molar-refractivity contribution < 1.29 is 89.4 Å². The Labute approximate surface area is 549 Å². The second-order valence-electron chi connectivity index (χ2n) is 26.4. The summed E-state index contributed by atoms with van der Waals surface area (Å²) in [4.78, 5) is 13.4. The summed E-state index contributed by atoms with van der Waals surface area (Å²) in [6, 6.07) is -0.888. The van der Waals surface area contributed by atoms with Crippen LogP contribution in [0.3, 0.4) is 0 Å². The van der Waals surface area contributed by atoms with Gasteiger partial charge in [0.05, 0.1) is 38.6 Å². The average molecular weight is 1300 g/mol. The van der Waals surface area contributed by atoms with Crippen LogP contribution < -0.4 is 5.32 Å². The maximum atomic E-state index is 13.4. The van der Waals surface area contributed by atoms with Gasteiger partial charge in [-0.15, -0.1) is 0 Å². The van der Waals surface area contributed by atoms with Crippen LogP contribution in [0, 0.1) is 0 Å².